The molecule has 1 saturated heterocycles. The van der Waals surface area contributed by atoms with Gasteiger partial charge in [0, 0.05) is 25.2 Å². The Morgan fingerprint density at radius 3 is 2.77 bits per heavy atom. The molecule has 1 rings (SSSR count). The Hall–Kier alpha value is -0.545. The molecule has 1 N–H and O–H groups in total. The molecule has 1 aliphatic rings. The lowest BCUT2D eigenvalue weighted by Crippen LogP contribution is -2.55. The fourth-order valence-corrected chi connectivity index (χ4v) is 1.59. The Morgan fingerprint density at radius 1 is 1.62 bits per heavy atom. The van der Waals surface area contributed by atoms with Crippen LogP contribution in [0.1, 0.15) is 13.3 Å². The molecule has 0 aromatic heterocycles. The summed E-state index contributed by atoms with van der Waals surface area (Å²) in [6.45, 7) is 3.54. The molecule has 2 radical (unpaired) electrons. The second-order valence-electron chi connectivity index (χ2n) is 3.74. The fraction of sp³-hybridized carbons (Fsp3) is 0.875. The third-order valence-corrected chi connectivity index (χ3v) is 2.61. The van der Waals surface area contributed by atoms with E-state index < -0.39 is 5.97 Å². The summed E-state index contributed by atoms with van der Waals surface area (Å²) >= 11 is 0. The van der Waals surface area contributed by atoms with Crippen LogP contribution in [0.5, 0.6) is 0 Å². The topological polar surface area (TPSA) is 43.8 Å². The van der Waals surface area contributed by atoms with Crippen LogP contribution >= 0.6 is 0 Å². The lowest BCUT2D eigenvalue weighted by molar-refractivity contribution is -0.138. The number of aliphatic carboxylic acids is 1. The van der Waals surface area contributed by atoms with Crippen molar-refractivity contribution in [1.82, 2.24) is 9.71 Å². The maximum absolute atomic E-state index is 10.5. The van der Waals surface area contributed by atoms with Crippen molar-refractivity contribution in [2.75, 3.05) is 20.1 Å². The summed E-state index contributed by atoms with van der Waals surface area (Å²) in [6.07, 6.45) is 0.119. The highest BCUT2D eigenvalue weighted by molar-refractivity contribution is 6.04. The SMILES string of the molecule is [B]N1CC(C)N(C)CC1CC(=O)O. The fourth-order valence-electron chi connectivity index (χ4n) is 1.59. The highest BCUT2D eigenvalue weighted by Crippen LogP contribution is 2.13. The molecule has 0 saturated carbocycles. The van der Waals surface area contributed by atoms with Gasteiger partial charge < -0.3 is 14.8 Å². The highest BCUT2D eigenvalue weighted by atomic mass is 16.4. The van der Waals surface area contributed by atoms with Gasteiger partial charge in [-0.25, -0.2) is 0 Å². The van der Waals surface area contributed by atoms with E-state index in [-0.39, 0.29) is 12.5 Å². The predicted molar refractivity (Wildman–Crippen MR) is 50.6 cm³/mol. The van der Waals surface area contributed by atoms with Crippen LogP contribution in [0.2, 0.25) is 0 Å². The van der Waals surface area contributed by atoms with E-state index in [9.17, 15) is 4.79 Å². The van der Waals surface area contributed by atoms with Crippen LogP contribution in [0.15, 0.2) is 0 Å². The molecule has 2 unspecified atom stereocenters. The molecule has 0 aliphatic carbocycles. The zero-order valence-electron chi connectivity index (χ0n) is 8.10. The molecule has 1 aliphatic heterocycles. The van der Waals surface area contributed by atoms with Gasteiger partial charge in [-0.1, -0.05) is 0 Å². The Morgan fingerprint density at radius 2 is 2.23 bits per heavy atom. The van der Waals surface area contributed by atoms with Gasteiger partial charge in [-0.15, -0.1) is 0 Å². The normalized spacial score (nSPS) is 31.8. The molecule has 5 heteroatoms. The molecule has 0 spiro atoms. The number of carboxylic acids is 1. The molecule has 1 heterocycles. The van der Waals surface area contributed by atoms with Crippen LogP contribution < -0.4 is 0 Å². The van der Waals surface area contributed by atoms with E-state index in [1.807, 2.05) is 7.05 Å². The van der Waals surface area contributed by atoms with Crippen LogP contribution in [-0.4, -0.2) is 61.0 Å². The number of carbonyl (C=O) groups is 1. The predicted octanol–water partition coefficient (Wildman–Crippen LogP) is -0.451. The highest BCUT2D eigenvalue weighted by Gasteiger charge is 2.27. The monoisotopic (exact) mass is 182 g/mol. The Labute approximate surface area is 79.9 Å². The number of hydrogen-bond donors (Lipinski definition) is 1. The Kier molecular flexibility index (Phi) is 3.33. The molecular weight excluding hydrogens is 167 g/mol. The van der Waals surface area contributed by atoms with Crippen molar-refractivity contribution in [3.63, 3.8) is 0 Å². The van der Waals surface area contributed by atoms with Gasteiger partial charge in [-0.2, -0.15) is 0 Å². The molecule has 1 fully saturated rings. The minimum atomic E-state index is -0.789. The summed E-state index contributed by atoms with van der Waals surface area (Å²) in [5.74, 6) is -0.789. The van der Waals surface area contributed by atoms with Crippen molar-refractivity contribution in [2.24, 2.45) is 0 Å². The second-order valence-corrected chi connectivity index (χ2v) is 3.74. The van der Waals surface area contributed by atoms with E-state index >= 15 is 0 Å². The van der Waals surface area contributed by atoms with Gasteiger partial charge in [0.25, 0.3) is 0 Å². The van der Waals surface area contributed by atoms with E-state index in [2.05, 4.69) is 11.8 Å². The smallest absolute Gasteiger partial charge is 0.304 e. The average molecular weight is 182 g/mol. The number of rotatable bonds is 2. The molecule has 72 valence electrons. The lowest BCUT2D eigenvalue weighted by Gasteiger charge is -2.42. The summed E-state index contributed by atoms with van der Waals surface area (Å²) in [6, 6.07) is 0.341. The molecule has 0 aromatic rings. The zero-order chi connectivity index (χ0) is 10.0. The van der Waals surface area contributed by atoms with Gasteiger partial charge in [-0.05, 0) is 14.0 Å². The van der Waals surface area contributed by atoms with Crippen molar-refractivity contribution in [3.05, 3.63) is 0 Å². The average Bonchev–Trinajstić information content (AvgIpc) is 1.99. The number of nitrogens with zero attached hydrogens (tertiary/aromatic N) is 2. The maximum atomic E-state index is 10.5. The molecule has 13 heavy (non-hydrogen) atoms. The van der Waals surface area contributed by atoms with E-state index in [0.717, 1.165) is 13.1 Å². The van der Waals surface area contributed by atoms with Gasteiger partial charge in [0.05, 0.1) is 6.42 Å². The Bertz CT molecular complexity index is 201. The van der Waals surface area contributed by atoms with Crippen LogP contribution in [0.3, 0.4) is 0 Å². The summed E-state index contributed by atoms with van der Waals surface area (Å²) in [7, 11) is 7.72. The van der Waals surface area contributed by atoms with Gasteiger partial charge in [0.2, 0.25) is 0 Å². The van der Waals surface area contributed by atoms with Gasteiger partial charge >= 0.3 is 5.97 Å². The number of carboxylic acid groups (broad SMARTS) is 1. The van der Waals surface area contributed by atoms with Gasteiger partial charge in [-0.3, -0.25) is 4.79 Å². The first-order chi connectivity index (χ1) is 6.00. The van der Waals surface area contributed by atoms with Crippen molar-refractivity contribution >= 4 is 14.0 Å². The van der Waals surface area contributed by atoms with Crippen molar-refractivity contribution < 1.29 is 9.90 Å². The first-order valence-corrected chi connectivity index (χ1v) is 4.44. The van der Waals surface area contributed by atoms with Crippen molar-refractivity contribution in [1.29, 1.82) is 0 Å². The zero-order valence-corrected chi connectivity index (χ0v) is 8.10. The standard InChI is InChI=1S/C8H15BN2O2/c1-6-4-11(9)7(3-8(12)13)5-10(6)2/h6-7H,3-5H2,1-2H3,(H,12,13). The first-order valence-electron chi connectivity index (χ1n) is 4.44. The quantitative estimate of drug-likeness (QED) is 0.587. The number of piperazine rings is 1. The summed E-state index contributed by atoms with van der Waals surface area (Å²) in [5.41, 5.74) is 0. The minimum Gasteiger partial charge on any atom is -0.481 e. The van der Waals surface area contributed by atoms with E-state index in [4.69, 9.17) is 13.1 Å². The van der Waals surface area contributed by atoms with E-state index in [1.165, 1.54) is 0 Å². The molecule has 0 amide bonds. The summed E-state index contributed by atoms with van der Waals surface area (Å²) in [5, 5.41) is 8.63. The van der Waals surface area contributed by atoms with E-state index in [0.29, 0.717) is 6.04 Å². The van der Waals surface area contributed by atoms with Gasteiger partial charge in [0.15, 0.2) is 7.98 Å². The van der Waals surface area contributed by atoms with Crippen LogP contribution in [-0.2, 0) is 4.79 Å². The number of hydrogen-bond acceptors (Lipinski definition) is 3. The Balaban J connectivity index is 2.51. The van der Waals surface area contributed by atoms with Crippen LogP contribution in [0.25, 0.3) is 0 Å². The van der Waals surface area contributed by atoms with E-state index in [1.54, 1.807) is 4.81 Å². The molecule has 0 bridgehead atoms. The van der Waals surface area contributed by atoms with Crippen LogP contribution in [0.4, 0.5) is 0 Å². The minimum absolute atomic E-state index is 0.0568. The third-order valence-electron chi connectivity index (χ3n) is 2.61. The van der Waals surface area contributed by atoms with Gasteiger partial charge in [0.1, 0.15) is 0 Å². The molecule has 4 nitrogen and oxygen atoms in total. The second kappa shape index (κ2) is 4.11. The molecular formula is C8H15BN2O2. The lowest BCUT2D eigenvalue weighted by atomic mass is 10.0. The first kappa shape index (κ1) is 10.5. The maximum Gasteiger partial charge on any atom is 0.304 e. The number of likely N-dealkylation sites (N-methyl/N-ethyl adjacent to an activating group) is 1. The van der Waals surface area contributed by atoms with Crippen LogP contribution in [0, 0.1) is 0 Å². The van der Waals surface area contributed by atoms with Crippen molar-refractivity contribution in [2.45, 2.75) is 25.4 Å². The van der Waals surface area contributed by atoms with Crippen molar-refractivity contribution in [3.8, 4) is 0 Å². The largest absolute Gasteiger partial charge is 0.481 e. The summed E-state index contributed by atoms with van der Waals surface area (Å²) in [4.78, 5) is 14.3. The molecule has 2 atom stereocenters. The summed E-state index contributed by atoms with van der Waals surface area (Å²) < 4.78 is 0. The third kappa shape index (κ3) is 2.71. The molecule has 0 aromatic carbocycles.